The SMILES string of the molecule is CCOC(=O)C1=C(c2ccccc2)N=C2SC=C(CC(=O)N[C@H](C)CC)N2[C@@H]1c1ccc(OC)c(OC)c1. The largest absolute Gasteiger partial charge is 0.493 e. The maximum absolute atomic E-state index is 13.6. The minimum atomic E-state index is -0.603. The van der Waals surface area contributed by atoms with E-state index in [0.29, 0.717) is 27.9 Å². The van der Waals surface area contributed by atoms with E-state index in [-0.39, 0.29) is 25.0 Å². The Morgan fingerprint density at radius 2 is 1.82 bits per heavy atom. The van der Waals surface area contributed by atoms with Crippen molar-refractivity contribution in [2.24, 2.45) is 4.99 Å². The zero-order valence-corrected chi connectivity index (χ0v) is 23.1. The number of amidine groups is 1. The highest BCUT2D eigenvalue weighted by atomic mass is 32.2. The number of amides is 1. The van der Waals surface area contributed by atoms with Crippen LogP contribution in [0.5, 0.6) is 11.5 Å². The molecule has 0 fully saturated rings. The number of thioether (sulfide) groups is 1. The van der Waals surface area contributed by atoms with Crippen LogP contribution >= 0.6 is 11.8 Å². The minimum Gasteiger partial charge on any atom is -0.493 e. The predicted octanol–water partition coefficient (Wildman–Crippen LogP) is 5.28. The normalized spacial score (nSPS) is 17.3. The fourth-order valence-corrected chi connectivity index (χ4v) is 5.34. The van der Waals surface area contributed by atoms with E-state index in [9.17, 15) is 9.59 Å². The first-order valence-corrected chi connectivity index (χ1v) is 13.5. The molecule has 0 spiro atoms. The highest BCUT2D eigenvalue weighted by molar-refractivity contribution is 8.16. The zero-order valence-electron chi connectivity index (χ0n) is 22.3. The Kier molecular flexibility index (Phi) is 8.78. The van der Waals surface area contributed by atoms with Gasteiger partial charge in [0.2, 0.25) is 5.91 Å². The molecular weight excluding hydrogens is 502 g/mol. The molecule has 2 aromatic rings. The number of carbonyl (C=O) groups is 2. The fourth-order valence-electron chi connectivity index (χ4n) is 4.42. The first kappa shape index (κ1) is 27.3. The van der Waals surface area contributed by atoms with Gasteiger partial charge >= 0.3 is 5.97 Å². The number of esters is 1. The number of aliphatic imine (C=N–C) groups is 1. The number of ether oxygens (including phenoxy) is 3. The molecule has 8 nitrogen and oxygen atoms in total. The molecule has 0 aliphatic carbocycles. The van der Waals surface area contributed by atoms with Crippen LogP contribution in [0, 0.1) is 0 Å². The van der Waals surface area contributed by atoms with Gasteiger partial charge < -0.3 is 24.4 Å². The molecule has 2 aliphatic rings. The maximum atomic E-state index is 13.6. The number of fused-ring (bicyclic) bond motifs is 1. The molecule has 2 aliphatic heterocycles. The van der Waals surface area contributed by atoms with Gasteiger partial charge in [0.15, 0.2) is 16.7 Å². The van der Waals surface area contributed by atoms with E-state index in [1.54, 1.807) is 21.1 Å². The Balaban J connectivity index is 1.88. The van der Waals surface area contributed by atoms with Crippen molar-refractivity contribution < 1.29 is 23.8 Å². The number of nitrogens with one attached hydrogen (secondary N) is 1. The third-order valence-electron chi connectivity index (χ3n) is 6.44. The summed E-state index contributed by atoms with van der Waals surface area (Å²) in [4.78, 5) is 33.4. The van der Waals surface area contributed by atoms with Gasteiger partial charge in [-0.15, -0.1) is 0 Å². The van der Waals surface area contributed by atoms with Gasteiger partial charge in [0.25, 0.3) is 0 Å². The number of hydrogen-bond acceptors (Lipinski definition) is 8. The van der Waals surface area contributed by atoms with Crippen LogP contribution in [-0.2, 0) is 14.3 Å². The standard InChI is InChI=1S/C29H33N3O5S/c1-6-18(3)30-24(33)16-21-17-38-29-31-26(19-11-9-8-10-12-19)25(28(34)37-7-2)27(32(21)29)20-13-14-22(35-4)23(15-20)36-5/h8-15,17-18,27H,6-7,16H2,1-5H3,(H,30,33)/t18-,27-/m1/s1. The van der Waals surface area contributed by atoms with Gasteiger partial charge in [-0.05, 0) is 43.4 Å². The van der Waals surface area contributed by atoms with E-state index < -0.39 is 12.0 Å². The van der Waals surface area contributed by atoms with E-state index in [0.717, 1.165) is 23.2 Å². The van der Waals surface area contributed by atoms with Crippen molar-refractivity contribution in [3.63, 3.8) is 0 Å². The topological polar surface area (TPSA) is 89.5 Å². The molecule has 9 heteroatoms. The van der Waals surface area contributed by atoms with Gasteiger partial charge in [-0.2, -0.15) is 0 Å². The summed E-state index contributed by atoms with van der Waals surface area (Å²) in [6, 6.07) is 14.6. The first-order chi connectivity index (χ1) is 18.4. The lowest BCUT2D eigenvalue weighted by Crippen LogP contribution is -2.39. The lowest BCUT2D eigenvalue weighted by Gasteiger charge is -2.37. The number of hydrogen-bond donors (Lipinski definition) is 1. The molecule has 2 heterocycles. The molecule has 1 amide bonds. The molecule has 200 valence electrons. The van der Waals surface area contributed by atoms with Crippen molar-refractivity contribution >= 4 is 34.5 Å². The highest BCUT2D eigenvalue weighted by Crippen LogP contribution is 2.48. The van der Waals surface area contributed by atoms with Crippen LogP contribution in [0.2, 0.25) is 0 Å². The third kappa shape index (κ3) is 5.57. The molecule has 0 unspecified atom stereocenters. The van der Waals surface area contributed by atoms with Gasteiger partial charge in [0, 0.05) is 17.3 Å². The molecular formula is C29H33N3O5S. The molecule has 0 radical (unpaired) electrons. The maximum Gasteiger partial charge on any atom is 0.338 e. The molecule has 1 N–H and O–H groups in total. The Hall–Kier alpha value is -3.72. The predicted molar refractivity (Wildman–Crippen MR) is 150 cm³/mol. The minimum absolute atomic E-state index is 0.0629. The summed E-state index contributed by atoms with van der Waals surface area (Å²) in [5.41, 5.74) is 3.27. The lowest BCUT2D eigenvalue weighted by molar-refractivity contribution is -0.139. The Morgan fingerprint density at radius 3 is 2.47 bits per heavy atom. The Bertz CT molecular complexity index is 1290. The second kappa shape index (κ2) is 12.2. The summed E-state index contributed by atoms with van der Waals surface area (Å²) < 4.78 is 16.6. The van der Waals surface area contributed by atoms with Crippen LogP contribution in [0.25, 0.3) is 5.70 Å². The van der Waals surface area contributed by atoms with Crippen LogP contribution in [0.1, 0.15) is 50.8 Å². The quantitative estimate of drug-likeness (QED) is 0.414. The molecule has 0 saturated heterocycles. The van der Waals surface area contributed by atoms with Crippen LogP contribution in [0.4, 0.5) is 0 Å². The van der Waals surface area contributed by atoms with E-state index in [4.69, 9.17) is 19.2 Å². The number of methoxy groups -OCH3 is 2. The molecule has 0 aromatic heterocycles. The molecule has 0 saturated carbocycles. The first-order valence-electron chi connectivity index (χ1n) is 12.6. The van der Waals surface area contributed by atoms with Gasteiger partial charge in [0.1, 0.15) is 0 Å². The van der Waals surface area contributed by atoms with Gasteiger partial charge in [-0.3, -0.25) is 4.79 Å². The van der Waals surface area contributed by atoms with Gasteiger partial charge in [-0.1, -0.05) is 55.1 Å². The molecule has 2 atom stereocenters. The van der Waals surface area contributed by atoms with Crippen molar-refractivity contribution in [3.05, 3.63) is 76.3 Å². The van der Waals surface area contributed by atoms with Crippen LogP contribution < -0.4 is 14.8 Å². The van der Waals surface area contributed by atoms with Crippen LogP contribution in [-0.4, -0.2) is 48.8 Å². The lowest BCUT2D eigenvalue weighted by atomic mass is 9.91. The summed E-state index contributed by atoms with van der Waals surface area (Å²) in [5.74, 6) is 0.555. The van der Waals surface area contributed by atoms with E-state index >= 15 is 0 Å². The molecule has 38 heavy (non-hydrogen) atoms. The number of benzene rings is 2. The van der Waals surface area contributed by atoms with Crippen LogP contribution in [0.15, 0.2) is 70.2 Å². The average Bonchev–Trinajstić information content (AvgIpc) is 3.33. The van der Waals surface area contributed by atoms with Crippen LogP contribution in [0.3, 0.4) is 0 Å². The van der Waals surface area contributed by atoms with Gasteiger partial charge in [-0.25, -0.2) is 9.79 Å². The smallest absolute Gasteiger partial charge is 0.338 e. The van der Waals surface area contributed by atoms with Gasteiger partial charge in [0.05, 0.1) is 44.6 Å². The van der Waals surface area contributed by atoms with E-state index in [2.05, 4.69) is 5.32 Å². The van der Waals surface area contributed by atoms with E-state index in [1.165, 1.54) is 11.8 Å². The Labute approximate surface area is 227 Å². The van der Waals surface area contributed by atoms with Crippen molar-refractivity contribution in [2.75, 3.05) is 20.8 Å². The number of carbonyl (C=O) groups excluding carboxylic acids is 2. The fraction of sp³-hybridized carbons (Fsp3) is 0.345. The summed E-state index contributed by atoms with van der Waals surface area (Å²) in [7, 11) is 3.15. The second-order valence-corrected chi connectivity index (χ2v) is 9.75. The molecule has 0 bridgehead atoms. The highest BCUT2D eigenvalue weighted by Gasteiger charge is 2.42. The summed E-state index contributed by atoms with van der Waals surface area (Å²) in [5, 5.41) is 5.65. The summed E-state index contributed by atoms with van der Waals surface area (Å²) in [6.07, 6.45) is 0.983. The molecule has 2 aromatic carbocycles. The Morgan fingerprint density at radius 1 is 1.08 bits per heavy atom. The number of rotatable bonds is 10. The summed E-state index contributed by atoms with van der Waals surface area (Å²) >= 11 is 1.43. The van der Waals surface area contributed by atoms with Crippen molar-refractivity contribution in [1.82, 2.24) is 10.2 Å². The average molecular weight is 536 g/mol. The third-order valence-corrected chi connectivity index (χ3v) is 7.33. The molecule has 4 rings (SSSR count). The monoisotopic (exact) mass is 535 g/mol. The van der Waals surface area contributed by atoms with Crippen molar-refractivity contribution in [3.8, 4) is 11.5 Å². The second-order valence-electron chi connectivity index (χ2n) is 8.91. The van der Waals surface area contributed by atoms with E-state index in [1.807, 2.05) is 72.7 Å². The van der Waals surface area contributed by atoms with Crippen molar-refractivity contribution in [1.29, 1.82) is 0 Å². The van der Waals surface area contributed by atoms with Crippen molar-refractivity contribution in [2.45, 2.75) is 45.7 Å². The number of nitrogens with zero attached hydrogens (tertiary/aromatic N) is 2. The summed E-state index contributed by atoms with van der Waals surface area (Å²) in [6.45, 7) is 6.00. The zero-order chi connectivity index (χ0) is 27.2.